The van der Waals surface area contributed by atoms with E-state index in [-0.39, 0.29) is 12.0 Å². The maximum absolute atomic E-state index is 4.08. The second-order valence-electron chi connectivity index (χ2n) is 10.2. The topological polar surface area (TPSA) is 12.0 Å². The number of benzene rings is 6. The van der Waals surface area contributed by atoms with Crippen LogP contribution in [0.25, 0.3) is 33.7 Å². The molecule has 0 aliphatic heterocycles. The van der Waals surface area contributed by atoms with Gasteiger partial charge in [-0.2, -0.15) is 0 Å². The van der Waals surface area contributed by atoms with Crippen molar-refractivity contribution in [3.05, 3.63) is 173 Å². The molecule has 0 bridgehead atoms. The fourth-order valence-corrected chi connectivity index (χ4v) is 6.05. The van der Waals surface area contributed by atoms with Crippen LogP contribution in [0.3, 0.4) is 0 Å². The van der Waals surface area contributed by atoms with E-state index in [2.05, 4.69) is 163 Å². The van der Waals surface area contributed by atoms with Gasteiger partial charge in [0.05, 0.1) is 6.04 Å². The number of rotatable bonds is 5. The van der Waals surface area contributed by atoms with Crippen molar-refractivity contribution in [2.24, 2.45) is 0 Å². The zero-order valence-electron chi connectivity index (χ0n) is 21.7. The molecule has 0 saturated carbocycles. The predicted molar refractivity (Wildman–Crippen MR) is 167 cm³/mol. The second-order valence-corrected chi connectivity index (χ2v) is 10.2. The molecular formula is C38H29N. The fourth-order valence-electron chi connectivity index (χ4n) is 6.05. The molecule has 6 aromatic carbocycles. The molecule has 1 N–H and O–H groups in total. The van der Waals surface area contributed by atoms with Crippen molar-refractivity contribution in [1.82, 2.24) is 0 Å². The van der Waals surface area contributed by atoms with E-state index >= 15 is 0 Å². The van der Waals surface area contributed by atoms with E-state index in [9.17, 15) is 0 Å². The smallest absolute Gasteiger partial charge is 0.0629 e. The van der Waals surface area contributed by atoms with Crippen LogP contribution in [0.15, 0.2) is 151 Å². The zero-order chi connectivity index (χ0) is 26.0. The lowest BCUT2D eigenvalue weighted by Gasteiger charge is -2.35. The molecule has 1 aliphatic rings. The highest BCUT2D eigenvalue weighted by Gasteiger charge is 2.32. The van der Waals surface area contributed by atoms with Gasteiger partial charge < -0.3 is 5.32 Å². The Morgan fingerprint density at radius 3 is 2.03 bits per heavy atom. The highest BCUT2D eigenvalue weighted by molar-refractivity contribution is 5.94. The second kappa shape index (κ2) is 10.1. The van der Waals surface area contributed by atoms with Crippen LogP contribution >= 0.6 is 0 Å². The first-order chi connectivity index (χ1) is 19.3. The number of anilines is 1. The molecule has 0 heterocycles. The Morgan fingerprint density at radius 2 is 1.18 bits per heavy atom. The van der Waals surface area contributed by atoms with Crippen molar-refractivity contribution in [3.8, 4) is 0 Å². The van der Waals surface area contributed by atoms with Gasteiger partial charge >= 0.3 is 0 Å². The molecule has 1 heteroatoms. The molecule has 2 atom stereocenters. The standard InChI is InChI=1S/C38H29N/c1-2-12-27(13-3-1)26-31-25-24-30-16-6-9-21-34(30)37(31)38(35-22-10-17-28-14-4-7-19-32(28)35)39-36-23-11-18-29-15-5-8-20-33(29)36/h1-26,37-39H. The minimum absolute atomic E-state index is 0.00275. The van der Waals surface area contributed by atoms with Crippen molar-refractivity contribution in [1.29, 1.82) is 0 Å². The summed E-state index contributed by atoms with van der Waals surface area (Å²) in [6.07, 6.45) is 6.92. The fraction of sp³-hybridized carbons (Fsp3) is 0.0526. The Bertz CT molecular complexity index is 1830. The van der Waals surface area contributed by atoms with Gasteiger partial charge in [-0.05, 0) is 50.1 Å². The summed E-state index contributed by atoms with van der Waals surface area (Å²) in [4.78, 5) is 0. The van der Waals surface area contributed by atoms with E-state index in [0.717, 1.165) is 5.69 Å². The number of hydrogen-bond acceptors (Lipinski definition) is 1. The quantitative estimate of drug-likeness (QED) is 0.249. The Labute approximate surface area is 229 Å². The molecule has 0 amide bonds. The number of allylic oxidation sites excluding steroid dienone is 1. The zero-order valence-corrected chi connectivity index (χ0v) is 21.7. The average molecular weight is 500 g/mol. The Hall–Kier alpha value is -4.88. The summed E-state index contributed by atoms with van der Waals surface area (Å²) >= 11 is 0. The van der Waals surface area contributed by atoms with Gasteiger partial charge in [-0.15, -0.1) is 0 Å². The summed E-state index contributed by atoms with van der Waals surface area (Å²) in [5.41, 5.74) is 7.58. The molecule has 0 saturated heterocycles. The normalized spacial score (nSPS) is 16.3. The summed E-state index contributed by atoms with van der Waals surface area (Å²) in [5.74, 6) is 0.108. The van der Waals surface area contributed by atoms with Crippen LogP contribution in [0.1, 0.15) is 34.2 Å². The minimum atomic E-state index is 0.00275. The molecule has 39 heavy (non-hydrogen) atoms. The van der Waals surface area contributed by atoms with Crippen molar-refractivity contribution < 1.29 is 0 Å². The monoisotopic (exact) mass is 499 g/mol. The van der Waals surface area contributed by atoms with Crippen LogP contribution < -0.4 is 5.32 Å². The summed E-state index contributed by atoms with van der Waals surface area (Å²) < 4.78 is 0. The van der Waals surface area contributed by atoms with Crippen LogP contribution in [0.4, 0.5) is 5.69 Å². The van der Waals surface area contributed by atoms with E-state index in [0.29, 0.717) is 0 Å². The number of nitrogens with one attached hydrogen (secondary N) is 1. The van der Waals surface area contributed by atoms with Crippen LogP contribution in [-0.4, -0.2) is 0 Å². The molecule has 6 aromatic rings. The maximum atomic E-state index is 4.08. The third-order valence-electron chi connectivity index (χ3n) is 7.87. The highest BCUT2D eigenvalue weighted by Crippen LogP contribution is 2.46. The summed E-state index contributed by atoms with van der Waals surface area (Å²) in [6, 6.07) is 50.1. The molecular weight excluding hydrogens is 470 g/mol. The maximum Gasteiger partial charge on any atom is 0.0629 e. The van der Waals surface area contributed by atoms with E-state index < -0.39 is 0 Å². The molecule has 1 aliphatic carbocycles. The first-order valence-electron chi connectivity index (χ1n) is 13.6. The van der Waals surface area contributed by atoms with Gasteiger partial charge in [0.25, 0.3) is 0 Å². The van der Waals surface area contributed by atoms with Gasteiger partial charge in [0.2, 0.25) is 0 Å². The summed E-state index contributed by atoms with van der Waals surface area (Å²) in [5, 5.41) is 9.09. The van der Waals surface area contributed by atoms with Crippen molar-refractivity contribution in [2.45, 2.75) is 12.0 Å². The molecule has 0 aromatic heterocycles. The van der Waals surface area contributed by atoms with E-state index in [1.165, 1.54) is 49.4 Å². The minimum Gasteiger partial charge on any atom is -0.377 e. The van der Waals surface area contributed by atoms with Crippen molar-refractivity contribution >= 4 is 39.4 Å². The van der Waals surface area contributed by atoms with Crippen LogP contribution in [0.5, 0.6) is 0 Å². The predicted octanol–water partition coefficient (Wildman–Crippen LogP) is 10.0. The molecule has 7 rings (SSSR count). The lowest BCUT2D eigenvalue weighted by molar-refractivity contribution is 0.674. The SMILES string of the molecule is C1=Cc2ccccc2C(C(Nc2cccc3ccccc23)c2cccc3ccccc23)C1=Cc1ccccc1. The third kappa shape index (κ3) is 4.43. The van der Waals surface area contributed by atoms with Crippen LogP contribution in [0, 0.1) is 0 Å². The molecule has 0 spiro atoms. The first-order valence-corrected chi connectivity index (χ1v) is 13.6. The highest BCUT2D eigenvalue weighted by atomic mass is 14.9. The lowest BCUT2D eigenvalue weighted by Crippen LogP contribution is -2.23. The first kappa shape index (κ1) is 23.3. The Kier molecular flexibility index (Phi) is 6.03. The number of hydrogen-bond donors (Lipinski definition) is 1. The van der Waals surface area contributed by atoms with Gasteiger partial charge in [0, 0.05) is 17.0 Å². The van der Waals surface area contributed by atoms with E-state index in [1.54, 1.807) is 0 Å². The molecule has 1 nitrogen and oxygen atoms in total. The molecule has 186 valence electrons. The molecule has 2 unspecified atom stereocenters. The Balaban J connectivity index is 1.48. The van der Waals surface area contributed by atoms with Crippen LogP contribution in [-0.2, 0) is 0 Å². The number of fused-ring (bicyclic) bond motifs is 3. The molecule has 0 radical (unpaired) electrons. The van der Waals surface area contributed by atoms with Crippen molar-refractivity contribution in [3.63, 3.8) is 0 Å². The van der Waals surface area contributed by atoms with Gasteiger partial charge in [0.15, 0.2) is 0 Å². The van der Waals surface area contributed by atoms with Gasteiger partial charge in [-0.25, -0.2) is 0 Å². The van der Waals surface area contributed by atoms with E-state index in [1.807, 2.05) is 0 Å². The summed E-state index contributed by atoms with van der Waals surface area (Å²) in [6.45, 7) is 0. The Morgan fingerprint density at radius 1 is 0.538 bits per heavy atom. The van der Waals surface area contributed by atoms with Gasteiger partial charge in [-0.1, -0.05) is 152 Å². The summed E-state index contributed by atoms with van der Waals surface area (Å²) in [7, 11) is 0. The molecule has 0 fully saturated rings. The third-order valence-corrected chi connectivity index (χ3v) is 7.87. The van der Waals surface area contributed by atoms with Gasteiger partial charge in [-0.3, -0.25) is 0 Å². The lowest BCUT2D eigenvalue weighted by atomic mass is 9.75. The van der Waals surface area contributed by atoms with Crippen LogP contribution in [0.2, 0.25) is 0 Å². The van der Waals surface area contributed by atoms with Gasteiger partial charge in [0.1, 0.15) is 0 Å². The van der Waals surface area contributed by atoms with Crippen molar-refractivity contribution in [2.75, 3.05) is 5.32 Å². The largest absolute Gasteiger partial charge is 0.377 e. The van der Waals surface area contributed by atoms with E-state index in [4.69, 9.17) is 0 Å². The average Bonchev–Trinajstić information content (AvgIpc) is 3.00.